The molecule has 1 aromatic carbocycles. The summed E-state index contributed by atoms with van der Waals surface area (Å²) in [7, 11) is 0. The van der Waals surface area contributed by atoms with E-state index in [1.54, 1.807) is 12.1 Å². The lowest BCUT2D eigenvalue weighted by Crippen LogP contribution is -1.85. The highest BCUT2D eigenvalue weighted by Gasteiger charge is 2.08. The molecule has 0 amide bonds. The van der Waals surface area contributed by atoms with Crippen molar-refractivity contribution in [3.05, 3.63) is 29.3 Å². The molecule has 6 heteroatoms. The molecular weight excluding hydrogens is 260 g/mol. The van der Waals surface area contributed by atoms with Gasteiger partial charge < -0.3 is 9.52 Å². The molecule has 0 bridgehead atoms. The molecule has 0 fully saturated rings. The van der Waals surface area contributed by atoms with Crippen molar-refractivity contribution in [2.75, 3.05) is 12.4 Å². The van der Waals surface area contributed by atoms with E-state index in [2.05, 4.69) is 10.2 Å². The van der Waals surface area contributed by atoms with Gasteiger partial charge in [0.15, 0.2) is 0 Å². The maximum atomic E-state index is 8.66. The van der Waals surface area contributed by atoms with Crippen LogP contribution < -0.4 is 0 Å². The van der Waals surface area contributed by atoms with E-state index in [-0.39, 0.29) is 6.61 Å². The van der Waals surface area contributed by atoms with Crippen LogP contribution in [0, 0.1) is 0 Å². The Balaban J connectivity index is 2.07. The fourth-order valence-electron chi connectivity index (χ4n) is 1.23. The minimum Gasteiger partial charge on any atom is -0.411 e. The van der Waals surface area contributed by atoms with Gasteiger partial charge in [-0.1, -0.05) is 29.4 Å². The molecule has 2 aromatic rings. The monoisotopic (exact) mass is 270 g/mol. The van der Waals surface area contributed by atoms with E-state index >= 15 is 0 Å². The van der Waals surface area contributed by atoms with Crippen LogP contribution in [0.25, 0.3) is 11.5 Å². The minimum atomic E-state index is 0.169. The Labute approximate surface area is 108 Å². The first-order valence-corrected chi connectivity index (χ1v) is 6.49. The first kappa shape index (κ1) is 12.4. The zero-order chi connectivity index (χ0) is 12.1. The van der Waals surface area contributed by atoms with E-state index in [0.717, 1.165) is 11.3 Å². The summed E-state index contributed by atoms with van der Waals surface area (Å²) < 4.78 is 5.47. The summed E-state index contributed by atoms with van der Waals surface area (Å²) in [5.41, 5.74) is 0.805. The third-order valence-corrected chi connectivity index (χ3v) is 3.15. The van der Waals surface area contributed by atoms with Gasteiger partial charge >= 0.3 is 0 Å². The van der Waals surface area contributed by atoms with Gasteiger partial charge in [0, 0.05) is 22.9 Å². The summed E-state index contributed by atoms with van der Waals surface area (Å²) in [5, 5.41) is 17.7. The lowest BCUT2D eigenvalue weighted by atomic mass is 10.2. The molecule has 0 saturated carbocycles. The van der Waals surface area contributed by atoms with Crippen LogP contribution in [0.1, 0.15) is 6.42 Å². The topological polar surface area (TPSA) is 59.2 Å². The van der Waals surface area contributed by atoms with Crippen LogP contribution in [0.15, 0.2) is 33.9 Å². The zero-order valence-electron chi connectivity index (χ0n) is 8.97. The van der Waals surface area contributed by atoms with Crippen LogP contribution in [0.3, 0.4) is 0 Å². The number of halogens is 1. The highest BCUT2D eigenvalue weighted by atomic mass is 35.5. The number of aliphatic hydroxyl groups excluding tert-OH is 1. The molecule has 90 valence electrons. The second-order valence-corrected chi connectivity index (χ2v) is 4.79. The lowest BCUT2D eigenvalue weighted by Gasteiger charge is -1.95. The number of rotatable bonds is 5. The fraction of sp³-hybridized carbons (Fsp3) is 0.273. The number of nitrogens with zero attached hydrogens (tertiary/aromatic N) is 2. The van der Waals surface area contributed by atoms with Crippen molar-refractivity contribution in [1.82, 2.24) is 10.2 Å². The maximum Gasteiger partial charge on any atom is 0.276 e. The molecule has 1 aromatic heterocycles. The van der Waals surface area contributed by atoms with Crippen LogP contribution in [0.2, 0.25) is 5.02 Å². The predicted molar refractivity (Wildman–Crippen MR) is 67.2 cm³/mol. The summed E-state index contributed by atoms with van der Waals surface area (Å²) in [4.78, 5) is 0. The van der Waals surface area contributed by atoms with Crippen LogP contribution in [-0.2, 0) is 0 Å². The highest BCUT2D eigenvalue weighted by molar-refractivity contribution is 7.99. The molecule has 0 aliphatic heterocycles. The second-order valence-electron chi connectivity index (χ2n) is 3.31. The molecule has 1 heterocycles. The number of thioether (sulfide) groups is 1. The van der Waals surface area contributed by atoms with E-state index in [1.165, 1.54) is 11.8 Å². The molecule has 1 N–H and O–H groups in total. The van der Waals surface area contributed by atoms with Crippen molar-refractivity contribution in [3.8, 4) is 11.5 Å². The van der Waals surface area contributed by atoms with E-state index in [4.69, 9.17) is 21.1 Å². The molecule has 0 saturated heterocycles. The SMILES string of the molecule is OCCCSc1nnc(-c2cccc(Cl)c2)o1. The van der Waals surface area contributed by atoms with E-state index in [0.29, 0.717) is 22.6 Å². The van der Waals surface area contributed by atoms with Crippen molar-refractivity contribution in [2.24, 2.45) is 0 Å². The summed E-state index contributed by atoms with van der Waals surface area (Å²) >= 11 is 7.31. The van der Waals surface area contributed by atoms with E-state index < -0.39 is 0 Å². The summed E-state index contributed by atoms with van der Waals surface area (Å²) in [5.74, 6) is 1.22. The standard InChI is InChI=1S/C11H11ClN2O2S/c12-9-4-1-3-8(7-9)10-13-14-11(16-10)17-6-2-5-15/h1,3-4,7,15H,2,5-6H2. The normalized spacial score (nSPS) is 10.7. The third-order valence-electron chi connectivity index (χ3n) is 2.01. The fourth-order valence-corrected chi connectivity index (χ4v) is 2.11. The molecule has 0 atom stereocenters. The van der Waals surface area contributed by atoms with Gasteiger partial charge in [0.05, 0.1) is 0 Å². The number of hydrogen-bond acceptors (Lipinski definition) is 5. The smallest absolute Gasteiger partial charge is 0.276 e. The van der Waals surface area contributed by atoms with Crippen LogP contribution in [-0.4, -0.2) is 27.7 Å². The van der Waals surface area contributed by atoms with Crippen LogP contribution in [0.4, 0.5) is 0 Å². The Bertz CT molecular complexity index is 490. The Morgan fingerprint density at radius 1 is 1.35 bits per heavy atom. The van der Waals surface area contributed by atoms with Crippen molar-refractivity contribution in [2.45, 2.75) is 11.6 Å². The van der Waals surface area contributed by atoms with Crippen molar-refractivity contribution < 1.29 is 9.52 Å². The predicted octanol–water partition coefficient (Wildman–Crippen LogP) is 2.86. The molecule has 2 rings (SSSR count). The summed E-state index contributed by atoms with van der Waals surface area (Å²) in [6.45, 7) is 0.169. The highest BCUT2D eigenvalue weighted by Crippen LogP contribution is 2.25. The molecule has 4 nitrogen and oxygen atoms in total. The largest absolute Gasteiger partial charge is 0.411 e. The van der Waals surface area contributed by atoms with Gasteiger partial charge in [0.25, 0.3) is 5.22 Å². The first-order chi connectivity index (χ1) is 8.29. The molecular formula is C11H11ClN2O2S. The van der Waals surface area contributed by atoms with Gasteiger partial charge in [-0.3, -0.25) is 0 Å². The lowest BCUT2D eigenvalue weighted by molar-refractivity contribution is 0.296. The number of hydrogen-bond donors (Lipinski definition) is 1. The van der Waals surface area contributed by atoms with Gasteiger partial charge in [-0.25, -0.2) is 0 Å². The average molecular weight is 271 g/mol. The maximum absolute atomic E-state index is 8.66. The number of benzene rings is 1. The third kappa shape index (κ3) is 3.46. The van der Waals surface area contributed by atoms with Gasteiger partial charge in [-0.2, -0.15) is 0 Å². The summed E-state index contributed by atoms with van der Waals surface area (Å²) in [6.07, 6.45) is 0.708. The van der Waals surface area contributed by atoms with Gasteiger partial charge in [-0.15, -0.1) is 10.2 Å². The zero-order valence-corrected chi connectivity index (χ0v) is 10.5. The first-order valence-electron chi connectivity index (χ1n) is 5.12. The molecule has 0 unspecified atom stereocenters. The van der Waals surface area contributed by atoms with Crippen LogP contribution in [0.5, 0.6) is 0 Å². The molecule has 0 aliphatic carbocycles. The quantitative estimate of drug-likeness (QED) is 0.669. The van der Waals surface area contributed by atoms with E-state index in [1.807, 2.05) is 12.1 Å². The van der Waals surface area contributed by atoms with Gasteiger partial charge in [0.2, 0.25) is 5.89 Å². The van der Waals surface area contributed by atoms with Gasteiger partial charge in [-0.05, 0) is 24.6 Å². The Morgan fingerprint density at radius 3 is 3.00 bits per heavy atom. The Kier molecular flexibility index (Phi) is 4.42. The average Bonchev–Trinajstić information content (AvgIpc) is 2.78. The minimum absolute atomic E-state index is 0.169. The molecule has 17 heavy (non-hydrogen) atoms. The second kappa shape index (κ2) is 6.05. The van der Waals surface area contributed by atoms with E-state index in [9.17, 15) is 0 Å². The Hall–Kier alpha value is -1.04. The van der Waals surface area contributed by atoms with Crippen LogP contribution >= 0.6 is 23.4 Å². The molecule has 0 spiro atoms. The number of aromatic nitrogens is 2. The van der Waals surface area contributed by atoms with Gasteiger partial charge in [0.1, 0.15) is 0 Å². The Morgan fingerprint density at radius 2 is 2.24 bits per heavy atom. The number of aliphatic hydroxyl groups is 1. The van der Waals surface area contributed by atoms with Crippen molar-refractivity contribution in [3.63, 3.8) is 0 Å². The van der Waals surface area contributed by atoms with Crippen molar-refractivity contribution in [1.29, 1.82) is 0 Å². The molecule has 0 radical (unpaired) electrons. The molecule has 0 aliphatic rings. The van der Waals surface area contributed by atoms with Crippen molar-refractivity contribution >= 4 is 23.4 Å². The summed E-state index contributed by atoms with van der Waals surface area (Å²) in [6, 6.07) is 7.26.